The van der Waals surface area contributed by atoms with Crippen molar-refractivity contribution in [2.75, 3.05) is 6.54 Å². The average molecular weight is 197 g/mol. The highest BCUT2D eigenvalue weighted by molar-refractivity contribution is 7.10. The number of thiophene rings is 1. The Hall–Kier alpha value is -0.340. The van der Waals surface area contributed by atoms with Crippen LogP contribution in [0.2, 0.25) is 0 Å². The van der Waals surface area contributed by atoms with Crippen molar-refractivity contribution in [2.24, 2.45) is 0 Å². The molecular formula is C11H19NS. The molecule has 0 fully saturated rings. The zero-order valence-electron chi connectivity index (χ0n) is 8.98. The summed E-state index contributed by atoms with van der Waals surface area (Å²) in [5, 5.41) is 5.66. The van der Waals surface area contributed by atoms with E-state index in [0.29, 0.717) is 0 Å². The number of aryl methyl sites for hydroxylation is 1. The van der Waals surface area contributed by atoms with Gasteiger partial charge < -0.3 is 5.32 Å². The Balaban J connectivity index is 2.32. The lowest BCUT2D eigenvalue weighted by molar-refractivity contribution is 0.430. The molecule has 0 aliphatic heterocycles. The van der Waals surface area contributed by atoms with E-state index in [-0.39, 0.29) is 5.54 Å². The smallest absolute Gasteiger partial charge is 0.00966 e. The number of nitrogens with one attached hydrogen (secondary N) is 1. The Bertz CT molecular complexity index is 257. The highest BCUT2D eigenvalue weighted by atomic mass is 32.1. The van der Waals surface area contributed by atoms with Crippen molar-refractivity contribution in [1.29, 1.82) is 0 Å². The largest absolute Gasteiger partial charge is 0.312 e. The minimum absolute atomic E-state index is 0.241. The van der Waals surface area contributed by atoms with E-state index >= 15 is 0 Å². The van der Waals surface area contributed by atoms with Crippen LogP contribution in [0.4, 0.5) is 0 Å². The van der Waals surface area contributed by atoms with Gasteiger partial charge in [0.1, 0.15) is 0 Å². The summed E-state index contributed by atoms with van der Waals surface area (Å²) < 4.78 is 0. The summed E-state index contributed by atoms with van der Waals surface area (Å²) in [6.45, 7) is 9.87. The zero-order valence-corrected chi connectivity index (χ0v) is 9.79. The van der Waals surface area contributed by atoms with E-state index in [0.717, 1.165) is 13.0 Å². The number of rotatable bonds is 3. The molecule has 13 heavy (non-hydrogen) atoms. The summed E-state index contributed by atoms with van der Waals surface area (Å²) in [5.41, 5.74) is 1.67. The molecule has 1 rings (SSSR count). The molecule has 0 bridgehead atoms. The molecular weight excluding hydrogens is 178 g/mol. The van der Waals surface area contributed by atoms with E-state index in [1.807, 2.05) is 11.3 Å². The van der Waals surface area contributed by atoms with E-state index in [1.165, 1.54) is 10.4 Å². The van der Waals surface area contributed by atoms with Gasteiger partial charge in [-0.3, -0.25) is 0 Å². The predicted molar refractivity (Wildman–Crippen MR) is 60.5 cm³/mol. The summed E-state index contributed by atoms with van der Waals surface area (Å²) in [6, 6.07) is 2.19. The summed E-state index contributed by atoms with van der Waals surface area (Å²) >= 11 is 1.86. The van der Waals surface area contributed by atoms with E-state index < -0.39 is 0 Å². The Labute approximate surface area is 85.2 Å². The van der Waals surface area contributed by atoms with Gasteiger partial charge in [-0.1, -0.05) is 0 Å². The van der Waals surface area contributed by atoms with Gasteiger partial charge in [0.25, 0.3) is 0 Å². The van der Waals surface area contributed by atoms with Crippen LogP contribution in [0.5, 0.6) is 0 Å². The highest BCUT2D eigenvalue weighted by Crippen LogP contribution is 2.15. The van der Waals surface area contributed by atoms with Crippen molar-refractivity contribution in [1.82, 2.24) is 5.32 Å². The molecule has 2 heteroatoms. The molecule has 0 radical (unpaired) electrons. The highest BCUT2D eigenvalue weighted by Gasteiger charge is 2.08. The molecule has 1 N–H and O–H groups in total. The minimum atomic E-state index is 0.241. The monoisotopic (exact) mass is 197 g/mol. The number of hydrogen-bond donors (Lipinski definition) is 1. The fraction of sp³-hybridized carbons (Fsp3) is 0.636. The predicted octanol–water partition coefficient (Wildman–Crippen LogP) is 2.99. The van der Waals surface area contributed by atoms with Crippen LogP contribution in [0, 0.1) is 6.92 Å². The molecule has 0 aliphatic carbocycles. The van der Waals surface area contributed by atoms with Crippen molar-refractivity contribution in [3.8, 4) is 0 Å². The molecule has 1 aromatic rings. The van der Waals surface area contributed by atoms with E-state index in [2.05, 4.69) is 44.5 Å². The first kappa shape index (κ1) is 10.7. The maximum atomic E-state index is 3.49. The summed E-state index contributed by atoms with van der Waals surface area (Å²) in [6.07, 6.45) is 1.15. The van der Waals surface area contributed by atoms with Gasteiger partial charge in [0.2, 0.25) is 0 Å². The Morgan fingerprint density at radius 1 is 1.38 bits per heavy atom. The van der Waals surface area contributed by atoms with Crippen LogP contribution < -0.4 is 5.32 Å². The van der Waals surface area contributed by atoms with Crippen LogP contribution in [-0.2, 0) is 6.42 Å². The second kappa shape index (κ2) is 4.25. The van der Waals surface area contributed by atoms with Gasteiger partial charge in [-0.2, -0.15) is 0 Å². The zero-order chi connectivity index (χ0) is 9.90. The average Bonchev–Trinajstić information content (AvgIpc) is 2.34. The van der Waals surface area contributed by atoms with Crippen LogP contribution in [0.3, 0.4) is 0 Å². The van der Waals surface area contributed by atoms with Gasteiger partial charge in [-0.15, -0.1) is 11.3 Å². The van der Waals surface area contributed by atoms with Gasteiger partial charge in [-0.05, 0) is 51.1 Å². The fourth-order valence-corrected chi connectivity index (χ4v) is 2.12. The SMILES string of the molecule is Cc1ccsc1CCNC(C)(C)C. The fourth-order valence-electron chi connectivity index (χ4n) is 1.21. The lowest BCUT2D eigenvalue weighted by atomic mass is 10.1. The molecule has 0 saturated heterocycles. The molecule has 0 aromatic carbocycles. The summed E-state index contributed by atoms with van der Waals surface area (Å²) in [4.78, 5) is 1.51. The molecule has 74 valence electrons. The molecule has 0 amide bonds. The molecule has 0 atom stereocenters. The summed E-state index contributed by atoms with van der Waals surface area (Å²) in [7, 11) is 0. The van der Waals surface area contributed by atoms with Crippen molar-refractivity contribution < 1.29 is 0 Å². The minimum Gasteiger partial charge on any atom is -0.312 e. The third-order valence-electron chi connectivity index (χ3n) is 1.98. The van der Waals surface area contributed by atoms with E-state index in [4.69, 9.17) is 0 Å². The Morgan fingerprint density at radius 2 is 2.08 bits per heavy atom. The first-order valence-electron chi connectivity index (χ1n) is 4.77. The van der Waals surface area contributed by atoms with Gasteiger partial charge in [0, 0.05) is 17.0 Å². The Morgan fingerprint density at radius 3 is 2.54 bits per heavy atom. The van der Waals surface area contributed by atoms with Gasteiger partial charge >= 0.3 is 0 Å². The van der Waals surface area contributed by atoms with Crippen molar-refractivity contribution in [3.05, 3.63) is 21.9 Å². The third-order valence-corrected chi connectivity index (χ3v) is 3.06. The first-order valence-corrected chi connectivity index (χ1v) is 5.65. The van der Waals surface area contributed by atoms with Crippen LogP contribution in [-0.4, -0.2) is 12.1 Å². The Kier molecular flexibility index (Phi) is 3.51. The van der Waals surface area contributed by atoms with Gasteiger partial charge in [0.15, 0.2) is 0 Å². The molecule has 1 heterocycles. The maximum absolute atomic E-state index is 3.49. The first-order chi connectivity index (χ1) is 5.99. The topological polar surface area (TPSA) is 12.0 Å². The van der Waals surface area contributed by atoms with E-state index in [1.54, 1.807) is 0 Å². The van der Waals surface area contributed by atoms with Crippen molar-refractivity contribution in [3.63, 3.8) is 0 Å². The van der Waals surface area contributed by atoms with Crippen LogP contribution >= 0.6 is 11.3 Å². The normalized spacial score (nSPS) is 12.0. The molecule has 0 saturated carbocycles. The number of hydrogen-bond acceptors (Lipinski definition) is 2. The van der Waals surface area contributed by atoms with E-state index in [9.17, 15) is 0 Å². The molecule has 0 unspecified atom stereocenters. The third kappa shape index (κ3) is 3.92. The van der Waals surface area contributed by atoms with Gasteiger partial charge in [0.05, 0.1) is 0 Å². The van der Waals surface area contributed by atoms with Crippen molar-refractivity contribution in [2.45, 2.75) is 39.7 Å². The van der Waals surface area contributed by atoms with Gasteiger partial charge in [-0.25, -0.2) is 0 Å². The molecule has 1 nitrogen and oxygen atoms in total. The molecule has 0 aliphatic rings. The lowest BCUT2D eigenvalue weighted by Crippen LogP contribution is -2.37. The van der Waals surface area contributed by atoms with Crippen molar-refractivity contribution >= 4 is 11.3 Å². The maximum Gasteiger partial charge on any atom is 0.00966 e. The van der Waals surface area contributed by atoms with Crippen LogP contribution in [0.15, 0.2) is 11.4 Å². The summed E-state index contributed by atoms with van der Waals surface area (Å²) in [5.74, 6) is 0. The molecule has 1 aromatic heterocycles. The van der Waals surface area contributed by atoms with Crippen LogP contribution in [0.25, 0.3) is 0 Å². The quantitative estimate of drug-likeness (QED) is 0.785. The second-order valence-corrected chi connectivity index (χ2v) is 5.45. The molecule has 0 spiro atoms. The standard InChI is InChI=1S/C11H19NS/c1-9-6-8-13-10(9)5-7-12-11(2,3)4/h6,8,12H,5,7H2,1-4H3. The van der Waals surface area contributed by atoms with Crippen LogP contribution in [0.1, 0.15) is 31.2 Å². The second-order valence-electron chi connectivity index (χ2n) is 4.45. The lowest BCUT2D eigenvalue weighted by Gasteiger charge is -2.20.